The predicted molar refractivity (Wildman–Crippen MR) is 207 cm³/mol. The molecule has 0 aliphatic heterocycles. The van der Waals surface area contributed by atoms with Crippen molar-refractivity contribution in [3.63, 3.8) is 0 Å². The number of hydrogen-bond acceptors (Lipinski definition) is 0. The summed E-state index contributed by atoms with van der Waals surface area (Å²) in [5, 5.41) is 5.48. The molecule has 7 aromatic carbocycles. The van der Waals surface area contributed by atoms with E-state index in [9.17, 15) is 0 Å². The van der Waals surface area contributed by atoms with E-state index in [1.807, 2.05) is 0 Å². The zero-order chi connectivity index (χ0) is 34.5. The van der Waals surface area contributed by atoms with Gasteiger partial charge in [-0.3, -0.25) is 0 Å². The summed E-state index contributed by atoms with van der Waals surface area (Å²) in [6.45, 7) is 18.0. The molecule has 0 bridgehead atoms. The van der Waals surface area contributed by atoms with Crippen LogP contribution < -0.4 is 0 Å². The minimum absolute atomic E-state index is 0.203. The van der Waals surface area contributed by atoms with Gasteiger partial charge in [0.2, 0.25) is 0 Å². The normalized spacial score (nSPS) is 11.5. The predicted octanol–water partition coefficient (Wildman–Crippen LogP) is 12.8. The van der Waals surface area contributed by atoms with Crippen molar-refractivity contribution in [1.82, 2.24) is 0 Å². The van der Waals surface area contributed by atoms with Crippen LogP contribution in [0.5, 0.6) is 0 Å². The van der Waals surface area contributed by atoms with Gasteiger partial charge in [-0.05, 0) is 24.7 Å². The number of rotatable bonds is 3. The van der Waals surface area contributed by atoms with Crippen LogP contribution in [0.2, 0.25) is 0 Å². The van der Waals surface area contributed by atoms with Crippen molar-refractivity contribution in [3.05, 3.63) is 179 Å². The molecule has 0 spiro atoms. The first-order valence-electron chi connectivity index (χ1n) is 16.9. The summed E-state index contributed by atoms with van der Waals surface area (Å²) in [7, 11) is 0. The van der Waals surface area contributed by atoms with Crippen molar-refractivity contribution in [2.24, 2.45) is 0 Å². The van der Waals surface area contributed by atoms with Crippen LogP contribution in [0.3, 0.4) is 0 Å². The van der Waals surface area contributed by atoms with Crippen LogP contribution in [-0.2, 0) is 34.7 Å². The maximum absolute atomic E-state index is 2.35. The molecule has 0 saturated carbocycles. The third kappa shape index (κ3) is 8.55. The van der Waals surface area contributed by atoms with Gasteiger partial charge in [0.25, 0.3) is 0 Å². The van der Waals surface area contributed by atoms with Gasteiger partial charge in [-0.25, -0.2) is 0 Å². The van der Waals surface area contributed by atoms with Crippen LogP contribution in [0.25, 0.3) is 32.7 Å². The van der Waals surface area contributed by atoms with Gasteiger partial charge in [-0.2, -0.15) is 18.2 Å². The van der Waals surface area contributed by atoms with E-state index in [1.165, 1.54) is 69.3 Å². The Kier molecular flexibility index (Phi) is 11.1. The first-order valence-corrected chi connectivity index (χ1v) is 18.7. The molecule has 0 N–H and O–H groups in total. The second-order valence-corrected chi connectivity index (χ2v) is 16.6. The van der Waals surface area contributed by atoms with E-state index in [-0.39, 0.29) is 10.8 Å². The molecule has 48 heavy (non-hydrogen) atoms. The van der Waals surface area contributed by atoms with Crippen molar-refractivity contribution in [2.75, 3.05) is 0 Å². The van der Waals surface area contributed by atoms with Gasteiger partial charge in [-0.1, -0.05) is 112 Å². The van der Waals surface area contributed by atoms with Crippen molar-refractivity contribution in [1.29, 1.82) is 0 Å². The van der Waals surface area contributed by atoms with Crippen molar-refractivity contribution in [3.8, 4) is 11.1 Å². The summed E-state index contributed by atoms with van der Waals surface area (Å²) < 4.78 is 1.46. The van der Waals surface area contributed by atoms with E-state index in [2.05, 4.69) is 201 Å². The van der Waals surface area contributed by atoms with E-state index in [4.69, 9.17) is 0 Å². The van der Waals surface area contributed by atoms with Crippen LogP contribution in [0.4, 0.5) is 0 Å². The Balaban J connectivity index is 0.000000147. The summed E-state index contributed by atoms with van der Waals surface area (Å²) in [6.07, 6.45) is 0. The molecule has 0 atom stereocenters. The third-order valence-corrected chi connectivity index (χ3v) is 11.1. The SMILES string of the molecule is CC(C)(C)c1ccc2c(c1)[cH-]c1cc(C(C)(C)C)ccc12.Cc1cccc(C)c1-c1ccc[cH-]1.[Hf+2]=[C](c1ccccc1)c1ccccc1. The van der Waals surface area contributed by atoms with Crippen LogP contribution in [-0.4, -0.2) is 3.26 Å². The fourth-order valence-corrected chi connectivity index (χ4v) is 7.34. The van der Waals surface area contributed by atoms with E-state index >= 15 is 0 Å². The molecule has 0 aromatic heterocycles. The first kappa shape index (κ1) is 35.4. The molecule has 0 aliphatic carbocycles. The molecule has 0 aliphatic rings. The number of aryl methyl sites for hydroxylation is 2. The number of fused-ring (bicyclic) bond motifs is 3. The molecule has 240 valence electrons. The Morgan fingerprint density at radius 3 is 1.38 bits per heavy atom. The topological polar surface area (TPSA) is 0 Å². The quantitative estimate of drug-likeness (QED) is 0.124. The number of benzene rings is 5. The maximum atomic E-state index is 2.35. The van der Waals surface area contributed by atoms with Crippen molar-refractivity contribution < 1.29 is 23.9 Å². The van der Waals surface area contributed by atoms with Gasteiger partial charge >= 0.3 is 98.9 Å². The Morgan fingerprint density at radius 2 is 0.979 bits per heavy atom. The zero-order valence-corrected chi connectivity index (χ0v) is 33.4. The van der Waals surface area contributed by atoms with Gasteiger partial charge in [0.1, 0.15) is 0 Å². The Bertz CT molecular complexity index is 1960. The standard InChI is InChI=1S/C21H25.C13H13.C13H10.Hf/c1-20(2,3)16-7-9-18-14(12-16)11-15-13-17(21(4,5)6)8-10-19(15)18;1-10-6-5-7-11(2)13(10)12-8-3-4-9-12;1-3-7-12(8-4-1)11-13-9-5-2-6-10-13;/h7-13H,1-6H3;3-9H,1-2H3;1-10H;/q2*-1;;+2. The molecular formula is C47H48Hf. The van der Waals surface area contributed by atoms with Crippen molar-refractivity contribution in [2.45, 2.75) is 66.2 Å². The van der Waals surface area contributed by atoms with E-state index in [0.717, 1.165) is 23.9 Å². The molecule has 0 amide bonds. The first-order chi connectivity index (χ1) is 22.8. The summed E-state index contributed by atoms with van der Waals surface area (Å²) >= 11 is 1.08. The summed E-state index contributed by atoms with van der Waals surface area (Å²) in [4.78, 5) is 0. The molecule has 7 aromatic rings. The van der Waals surface area contributed by atoms with Gasteiger partial charge in [0, 0.05) is 0 Å². The zero-order valence-electron chi connectivity index (χ0n) is 29.9. The molecular weight excluding hydrogens is 743 g/mol. The summed E-state index contributed by atoms with van der Waals surface area (Å²) in [5.41, 5.74) is 11.3. The molecule has 0 saturated heterocycles. The minimum atomic E-state index is 0.203. The Labute approximate surface area is 303 Å². The van der Waals surface area contributed by atoms with Crippen LogP contribution in [0.15, 0.2) is 146 Å². The van der Waals surface area contributed by atoms with Crippen LogP contribution >= 0.6 is 0 Å². The van der Waals surface area contributed by atoms with E-state index in [0.29, 0.717) is 0 Å². The number of hydrogen-bond donors (Lipinski definition) is 0. The van der Waals surface area contributed by atoms with E-state index < -0.39 is 0 Å². The summed E-state index contributed by atoms with van der Waals surface area (Å²) in [5.74, 6) is 0. The second kappa shape index (κ2) is 15.1. The van der Waals surface area contributed by atoms with Gasteiger partial charge < -0.3 is 0 Å². The fourth-order valence-electron chi connectivity index (χ4n) is 6.14. The fraction of sp³-hybridized carbons (Fsp3) is 0.213. The van der Waals surface area contributed by atoms with Crippen LogP contribution in [0, 0.1) is 13.8 Å². The average molecular weight is 791 g/mol. The van der Waals surface area contributed by atoms with Crippen molar-refractivity contribution >= 4 is 24.8 Å². The molecule has 0 fully saturated rings. The molecule has 0 unspecified atom stereocenters. The second-order valence-electron chi connectivity index (χ2n) is 14.8. The van der Waals surface area contributed by atoms with E-state index in [1.54, 1.807) is 0 Å². The Morgan fingerprint density at radius 1 is 0.521 bits per heavy atom. The molecule has 0 radical (unpaired) electrons. The molecule has 0 heterocycles. The van der Waals surface area contributed by atoms with Gasteiger partial charge in [0.05, 0.1) is 0 Å². The average Bonchev–Trinajstić information content (AvgIpc) is 3.73. The van der Waals surface area contributed by atoms with Gasteiger partial charge in [0.15, 0.2) is 0 Å². The van der Waals surface area contributed by atoms with Crippen LogP contribution in [0.1, 0.15) is 74.9 Å². The molecule has 7 rings (SSSR count). The molecule has 1 heteroatoms. The monoisotopic (exact) mass is 792 g/mol. The molecule has 0 nitrogen and oxygen atoms in total. The third-order valence-electron chi connectivity index (χ3n) is 8.99. The summed E-state index contributed by atoms with van der Waals surface area (Å²) in [6, 6.07) is 52.3. The van der Waals surface area contributed by atoms with Gasteiger partial charge in [-0.15, -0.1) is 51.4 Å². The Hall–Kier alpha value is -3.94.